The van der Waals surface area contributed by atoms with Crippen LogP contribution in [0.1, 0.15) is 23.6 Å². The summed E-state index contributed by atoms with van der Waals surface area (Å²) in [6.45, 7) is 2.76. The molecular weight excluding hydrogens is 422 g/mol. The maximum Gasteiger partial charge on any atom is 0.307 e. The van der Waals surface area contributed by atoms with Crippen molar-refractivity contribution in [2.75, 3.05) is 25.1 Å². The molecule has 3 saturated heterocycles. The first-order chi connectivity index (χ1) is 15.9. The van der Waals surface area contributed by atoms with Gasteiger partial charge in [0.25, 0.3) is 0 Å². The zero-order valence-electron chi connectivity index (χ0n) is 18.5. The lowest BCUT2D eigenvalue weighted by molar-refractivity contribution is -0.154. The third kappa shape index (κ3) is 3.01. The van der Waals surface area contributed by atoms with E-state index in [4.69, 9.17) is 4.74 Å². The number of ether oxygens (including phenoxy) is 1. The molecule has 3 aliphatic heterocycles. The Hall–Kier alpha value is -3.52. The van der Waals surface area contributed by atoms with Gasteiger partial charge in [-0.15, -0.1) is 0 Å². The second kappa shape index (κ2) is 7.81. The van der Waals surface area contributed by atoms with E-state index in [9.17, 15) is 19.2 Å². The number of methoxy groups -OCH3 is 1. The molecule has 1 N–H and O–H groups in total. The highest BCUT2D eigenvalue weighted by molar-refractivity contribution is 6.24. The molecule has 0 spiro atoms. The van der Waals surface area contributed by atoms with Crippen molar-refractivity contribution < 1.29 is 23.9 Å². The fourth-order valence-electron chi connectivity index (χ4n) is 5.75. The summed E-state index contributed by atoms with van der Waals surface area (Å²) in [5.74, 6) is -3.63. The first-order valence-electron chi connectivity index (χ1n) is 11.0. The number of nitrogens with one attached hydrogen (secondary N) is 1. The van der Waals surface area contributed by atoms with E-state index >= 15 is 0 Å². The summed E-state index contributed by atoms with van der Waals surface area (Å²) in [7, 11) is 1.26. The van der Waals surface area contributed by atoms with Gasteiger partial charge >= 0.3 is 5.97 Å². The van der Waals surface area contributed by atoms with Crippen LogP contribution in [0.15, 0.2) is 54.6 Å². The number of nitrogens with zero attached hydrogens (tertiary/aromatic N) is 2. The van der Waals surface area contributed by atoms with Gasteiger partial charge in [0, 0.05) is 19.1 Å². The Balaban J connectivity index is 1.71. The molecule has 0 aliphatic carbocycles. The standard InChI is InChI=1S/C25H25N3O5/c1-15-8-10-16(11-9-15)21-19-20(23(31)28(22(19)30)17-6-4-3-5-7-17)25(14-18(29)33-2)24(32)26-12-13-27(21)25/h3-11,19-21H,12-14H2,1-2H3,(H,26,32)/t19-,20-,21-,25+/m1/s1. The summed E-state index contributed by atoms with van der Waals surface area (Å²) >= 11 is 0. The third-order valence-corrected chi connectivity index (χ3v) is 7.16. The molecule has 3 fully saturated rings. The van der Waals surface area contributed by atoms with Crippen LogP contribution in [0.3, 0.4) is 0 Å². The predicted octanol–water partition coefficient (Wildman–Crippen LogP) is 1.59. The van der Waals surface area contributed by atoms with E-state index in [1.807, 2.05) is 36.1 Å². The molecule has 0 saturated carbocycles. The number of carbonyl (C=O) groups is 4. The highest BCUT2D eigenvalue weighted by Crippen LogP contribution is 2.57. The van der Waals surface area contributed by atoms with Gasteiger partial charge in [0.1, 0.15) is 5.54 Å². The second-order valence-electron chi connectivity index (χ2n) is 8.83. The van der Waals surface area contributed by atoms with E-state index < -0.39 is 41.2 Å². The normalized spacial score (nSPS) is 29.0. The fraction of sp³-hybridized carbons (Fsp3) is 0.360. The van der Waals surface area contributed by atoms with Crippen LogP contribution in [0.25, 0.3) is 0 Å². The number of imide groups is 1. The molecule has 3 heterocycles. The Morgan fingerprint density at radius 2 is 1.76 bits per heavy atom. The third-order valence-electron chi connectivity index (χ3n) is 7.16. The molecule has 2 aromatic carbocycles. The average molecular weight is 447 g/mol. The van der Waals surface area contributed by atoms with Crippen LogP contribution in [0.4, 0.5) is 5.69 Å². The number of rotatable bonds is 4. The highest BCUT2D eigenvalue weighted by Gasteiger charge is 2.73. The molecule has 0 unspecified atom stereocenters. The maximum atomic E-state index is 13.9. The van der Waals surface area contributed by atoms with Crippen LogP contribution < -0.4 is 10.2 Å². The minimum absolute atomic E-state index is 0.305. The van der Waals surface area contributed by atoms with E-state index in [1.165, 1.54) is 12.0 Å². The van der Waals surface area contributed by atoms with Crippen molar-refractivity contribution in [1.82, 2.24) is 10.2 Å². The Morgan fingerprint density at radius 3 is 2.42 bits per heavy atom. The number of esters is 1. The Labute approximate surface area is 191 Å². The van der Waals surface area contributed by atoms with E-state index in [-0.39, 0.29) is 12.3 Å². The van der Waals surface area contributed by atoms with Crippen molar-refractivity contribution in [3.05, 3.63) is 65.7 Å². The Kier molecular flexibility index (Phi) is 5.05. The summed E-state index contributed by atoms with van der Waals surface area (Å²) in [6, 6.07) is 16.0. The molecule has 8 heteroatoms. The summed E-state index contributed by atoms with van der Waals surface area (Å²) in [6.07, 6.45) is -0.305. The van der Waals surface area contributed by atoms with Gasteiger partial charge in [0.2, 0.25) is 17.7 Å². The zero-order chi connectivity index (χ0) is 23.3. The van der Waals surface area contributed by atoms with Gasteiger partial charge < -0.3 is 10.1 Å². The van der Waals surface area contributed by atoms with Crippen LogP contribution in [-0.4, -0.2) is 54.3 Å². The van der Waals surface area contributed by atoms with Crippen LogP contribution >= 0.6 is 0 Å². The molecule has 0 bridgehead atoms. The molecule has 4 atom stereocenters. The fourth-order valence-corrected chi connectivity index (χ4v) is 5.75. The largest absolute Gasteiger partial charge is 0.469 e. The monoisotopic (exact) mass is 447 g/mol. The van der Waals surface area contributed by atoms with E-state index in [2.05, 4.69) is 5.32 Å². The van der Waals surface area contributed by atoms with Crippen LogP contribution in [0.5, 0.6) is 0 Å². The smallest absolute Gasteiger partial charge is 0.307 e. The minimum atomic E-state index is -1.50. The lowest BCUT2D eigenvalue weighted by atomic mass is 9.76. The summed E-state index contributed by atoms with van der Waals surface area (Å²) < 4.78 is 4.93. The molecule has 0 radical (unpaired) electrons. The molecule has 0 aromatic heterocycles. The Bertz CT molecular complexity index is 1130. The summed E-state index contributed by atoms with van der Waals surface area (Å²) in [5.41, 5.74) is 0.862. The second-order valence-corrected chi connectivity index (χ2v) is 8.83. The molecule has 3 aliphatic rings. The zero-order valence-corrected chi connectivity index (χ0v) is 18.5. The van der Waals surface area contributed by atoms with Gasteiger partial charge in [-0.25, -0.2) is 4.90 Å². The van der Waals surface area contributed by atoms with Crippen molar-refractivity contribution in [2.24, 2.45) is 11.8 Å². The van der Waals surface area contributed by atoms with Crippen LogP contribution in [-0.2, 0) is 23.9 Å². The minimum Gasteiger partial charge on any atom is -0.469 e. The maximum absolute atomic E-state index is 13.9. The van der Waals surface area contributed by atoms with Crippen molar-refractivity contribution in [3.8, 4) is 0 Å². The first kappa shape index (κ1) is 21.3. The lowest BCUT2D eigenvalue weighted by Crippen LogP contribution is -2.67. The Morgan fingerprint density at radius 1 is 1.06 bits per heavy atom. The summed E-state index contributed by atoms with van der Waals surface area (Å²) in [5, 5.41) is 2.84. The topological polar surface area (TPSA) is 96.0 Å². The number of hydrogen-bond acceptors (Lipinski definition) is 6. The van der Waals surface area contributed by atoms with Gasteiger partial charge in [0.15, 0.2) is 0 Å². The van der Waals surface area contributed by atoms with Gasteiger partial charge in [0.05, 0.1) is 31.1 Å². The molecule has 8 nitrogen and oxygen atoms in total. The SMILES string of the molecule is COC(=O)C[C@]12C(=O)NCCN1[C@H](c1ccc(C)cc1)[C@@H]1C(=O)N(c3ccccc3)C(=O)[C@@H]12. The summed E-state index contributed by atoms with van der Waals surface area (Å²) in [4.78, 5) is 56.8. The molecule has 2 aromatic rings. The quantitative estimate of drug-likeness (QED) is 0.565. The van der Waals surface area contributed by atoms with Crippen molar-refractivity contribution in [2.45, 2.75) is 24.9 Å². The predicted molar refractivity (Wildman–Crippen MR) is 119 cm³/mol. The number of para-hydroxylation sites is 1. The average Bonchev–Trinajstić information content (AvgIpc) is 3.26. The van der Waals surface area contributed by atoms with Gasteiger partial charge in [-0.3, -0.25) is 24.1 Å². The number of benzene rings is 2. The lowest BCUT2D eigenvalue weighted by Gasteiger charge is -2.45. The van der Waals surface area contributed by atoms with Crippen molar-refractivity contribution in [1.29, 1.82) is 0 Å². The van der Waals surface area contributed by atoms with Crippen molar-refractivity contribution >= 4 is 29.4 Å². The number of hydrogen-bond donors (Lipinski definition) is 1. The van der Waals surface area contributed by atoms with Gasteiger partial charge in [-0.1, -0.05) is 48.0 Å². The molecule has 3 amide bonds. The van der Waals surface area contributed by atoms with Gasteiger partial charge in [-0.2, -0.15) is 0 Å². The number of carbonyl (C=O) groups excluding carboxylic acids is 4. The number of fused-ring (bicyclic) bond motifs is 3. The molecular formula is C25H25N3O5. The molecule has 170 valence electrons. The number of anilines is 1. The van der Waals surface area contributed by atoms with Crippen LogP contribution in [0, 0.1) is 18.8 Å². The van der Waals surface area contributed by atoms with E-state index in [0.717, 1.165) is 11.1 Å². The van der Waals surface area contributed by atoms with Crippen molar-refractivity contribution in [3.63, 3.8) is 0 Å². The van der Waals surface area contributed by atoms with E-state index in [1.54, 1.807) is 30.3 Å². The van der Waals surface area contributed by atoms with Gasteiger partial charge in [-0.05, 0) is 24.6 Å². The number of amides is 3. The number of piperazine rings is 1. The first-order valence-corrected chi connectivity index (χ1v) is 11.0. The van der Waals surface area contributed by atoms with Crippen LogP contribution in [0.2, 0.25) is 0 Å². The highest BCUT2D eigenvalue weighted by atomic mass is 16.5. The molecule has 33 heavy (non-hydrogen) atoms. The number of aryl methyl sites for hydroxylation is 1. The van der Waals surface area contributed by atoms with E-state index in [0.29, 0.717) is 18.8 Å². The molecule has 5 rings (SSSR count).